The molecule has 0 atom stereocenters. The predicted molar refractivity (Wildman–Crippen MR) is 79.5 cm³/mol. The van der Waals surface area contributed by atoms with Crippen molar-refractivity contribution < 1.29 is 9.53 Å². The molecule has 0 saturated heterocycles. The molecule has 1 N–H and O–H groups in total. The molecule has 0 unspecified atom stereocenters. The minimum atomic E-state index is -1.61. The zero-order chi connectivity index (χ0) is 14.5. The van der Waals surface area contributed by atoms with E-state index in [2.05, 4.69) is 5.32 Å². The molecule has 106 valence electrons. The van der Waals surface area contributed by atoms with Crippen molar-refractivity contribution in [3.05, 3.63) is 29.3 Å². The van der Waals surface area contributed by atoms with E-state index in [1.165, 1.54) is 0 Å². The summed E-state index contributed by atoms with van der Waals surface area (Å²) in [4.78, 5) is 13.1. The standard InChI is InChI=1S/C11H12Cl4N2O2/c1-17(9-4-2-8(12)3-5-9)7-16-10(18)19-6-11(13,14)15/h2-5H,6-7H2,1H3,(H,16,18). The van der Waals surface area contributed by atoms with Crippen LogP contribution in [-0.2, 0) is 4.74 Å². The number of hydrogen-bond acceptors (Lipinski definition) is 3. The van der Waals surface area contributed by atoms with Crippen molar-refractivity contribution in [2.24, 2.45) is 0 Å². The average Bonchev–Trinajstić information content (AvgIpc) is 2.33. The normalized spacial score (nSPS) is 11.0. The number of nitrogens with one attached hydrogen (secondary N) is 1. The number of carbonyl (C=O) groups excluding carboxylic acids is 1. The number of carbonyl (C=O) groups is 1. The molecular weight excluding hydrogens is 334 g/mol. The Hall–Kier alpha value is -0.550. The highest BCUT2D eigenvalue weighted by Crippen LogP contribution is 2.25. The lowest BCUT2D eigenvalue weighted by Crippen LogP contribution is -2.36. The van der Waals surface area contributed by atoms with Crippen LogP contribution in [0.25, 0.3) is 0 Å². The van der Waals surface area contributed by atoms with Gasteiger partial charge < -0.3 is 15.0 Å². The summed E-state index contributed by atoms with van der Waals surface area (Å²) < 4.78 is 3.11. The summed E-state index contributed by atoms with van der Waals surface area (Å²) in [6.45, 7) is -0.0610. The van der Waals surface area contributed by atoms with Crippen molar-refractivity contribution in [1.29, 1.82) is 0 Å². The minimum absolute atomic E-state index is 0.250. The zero-order valence-electron chi connectivity index (χ0n) is 10.00. The third-order valence-electron chi connectivity index (χ3n) is 2.09. The molecule has 4 nitrogen and oxygen atoms in total. The first-order valence-electron chi connectivity index (χ1n) is 5.22. The molecule has 0 heterocycles. The third kappa shape index (κ3) is 6.97. The van der Waals surface area contributed by atoms with Crippen LogP contribution in [0.3, 0.4) is 0 Å². The van der Waals surface area contributed by atoms with Crippen LogP contribution < -0.4 is 10.2 Å². The minimum Gasteiger partial charge on any atom is -0.445 e. The fourth-order valence-corrected chi connectivity index (χ4v) is 1.46. The molecule has 0 radical (unpaired) electrons. The molecule has 0 saturated carbocycles. The van der Waals surface area contributed by atoms with Crippen molar-refractivity contribution in [2.45, 2.75) is 3.79 Å². The lowest BCUT2D eigenvalue weighted by Gasteiger charge is -2.20. The Morgan fingerprint density at radius 1 is 1.32 bits per heavy atom. The van der Waals surface area contributed by atoms with Gasteiger partial charge in [0.2, 0.25) is 3.79 Å². The maximum Gasteiger partial charge on any atom is 0.408 e. The Labute approximate surface area is 131 Å². The fourth-order valence-electron chi connectivity index (χ4n) is 1.17. The van der Waals surface area contributed by atoms with Crippen LogP contribution in [0.2, 0.25) is 5.02 Å². The van der Waals surface area contributed by atoms with E-state index < -0.39 is 9.89 Å². The SMILES string of the molecule is CN(CNC(=O)OCC(Cl)(Cl)Cl)c1ccc(Cl)cc1. The van der Waals surface area contributed by atoms with Gasteiger partial charge in [-0.3, -0.25) is 0 Å². The number of hydrogen-bond donors (Lipinski definition) is 1. The topological polar surface area (TPSA) is 41.6 Å². The predicted octanol–water partition coefficient (Wildman–Crippen LogP) is 3.83. The van der Waals surface area contributed by atoms with Crippen LogP contribution in [0.4, 0.5) is 10.5 Å². The summed E-state index contributed by atoms with van der Waals surface area (Å²) in [5.41, 5.74) is 0.895. The van der Waals surface area contributed by atoms with Gasteiger partial charge in [0.1, 0.15) is 6.61 Å². The van der Waals surface area contributed by atoms with Gasteiger partial charge in [0.25, 0.3) is 0 Å². The molecule has 1 aromatic rings. The van der Waals surface area contributed by atoms with E-state index in [1.807, 2.05) is 12.1 Å². The van der Waals surface area contributed by atoms with Crippen molar-refractivity contribution in [2.75, 3.05) is 25.2 Å². The fraction of sp³-hybridized carbons (Fsp3) is 0.364. The zero-order valence-corrected chi connectivity index (χ0v) is 13.0. The smallest absolute Gasteiger partial charge is 0.408 e. The molecule has 0 aliphatic heterocycles. The molecule has 0 bridgehead atoms. The maximum absolute atomic E-state index is 11.3. The summed E-state index contributed by atoms with van der Waals surface area (Å²) in [6.07, 6.45) is -0.660. The van der Waals surface area contributed by atoms with Gasteiger partial charge >= 0.3 is 6.09 Å². The molecule has 0 spiro atoms. The van der Waals surface area contributed by atoms with Crippen LogP contribution in [0.15, 0.2) is 24.3 Å². The Kier molecular flexibility index (Phi) is 6.33. The number of ether oxygens (including phenoxy) is 1. The molecule has 0 fully saturated rings. The number of nitrogens with zero attached hydrogens (tertiary/aromatic N) is 1. The van der Waals surface area contributed by atoms with Crippen LogP contribution in [0.1, 0.15) is 0 Å². The molecule has 0 aromatic heterocycles. The largest absolute Gasteiger partial charge is 0.445 e. The second-order valence-corrected chi connectivity index (χ2v) is 6.65. The summed E-state index contributed by atoms with van der Waals surface area (Å²) in [7, 11) is 1.80. The second kappa shape index (κ2) is 7.29. The number of rotatable bonds is 4. The molecule has 19 heavy (non-hydrogen) atoms. The maximum atomic E-state index is 11.3. The van der Waals surface area contributed by atoms with Gasteiger partial charge in [-0.05, 0) is 24.3 Å². The van der Waals surface area contributed by atoms with E-state index in [4.69, 9.17) is 51.1 Å². The molecule has 0 aliphatic carbocycles. The lowest BCUT2D eigenvalue weighted by atomic mass is 10.3. The van der Waals surface area contributed by atoms with E-state index in [0.717, 1.165) is 5.69 Å². The summed E-state index contributed by atoms with van der Waals surface area (Å²) >= 11 is 22.1. The van der Waals surface area contributed by atoms with Gasteiger partial charge in [-0.25, -0.2) is 4.79 Å². The molecule has 0 aliphatic rings. The highest BCUT2D eigenvalue weighted by Gasteiger charge is 2.22. The van der Waals surface area contributed by atoms with Crippen LogP contribution >= 0.6 is 46.4 Å². The number of alkyl halides is 3. The monoisotopic (exact) mass is 344 g/mol. The number of benzene rings is 1. The Morgan fingerprint density at radius 2 is 1.89 bits per heavy atom. The van der Waals surface area contributed by atoms with E-state index in [9.17, 15) is 4.79 Å². The van der Waals surface area contributed by atoms with Crippen molar-refractivity contribution in [3.8, 4) is 0 Å². The Bertz CT molecular complexity index is 420. The molecule has 8 heteroatoms. The first-order valence-corrected chi connectivity index (χ1v) is 6.73. The first kappa shape index (κ1) is 16.5. The van der Waals surface area contributed by atoms with Crippen molar-refractivity contribution in [3.63, 3.8) is 0 Å². The highest BCUT2D eigenvalue weighted by atomic mass is 35.6. The van der Waals surface area contributed by atoms with E-state index in [-0.39, 0.29) is 13.3 Å². The second-order valence-electron chi connectivity index (χ2n) is 3.70. The summed E-state index contributed by atoms with van der Waals surface area (Å²) in [6, 6.07) is 7.18. The van der Waals surface area contributed by atoms with Crippen LogP contribution in [0, 0.1) is 0 Å². The molecule has 1 aromatic carbocycles. The van der Waals surface area contributed by atoms with Crippen LogP contribution in [0.5, 0.6) is 0 Å². The summed E-state index contributed by atoms with van der Waals surface area (Å²) in [5, 5.41) is 3.17. The number of anilines is 1. The first-order chi connectivity index (χ1) is 8.78. The quantitative estimate of drug-likeness (QED) is 0.666. The molecular formula is C11H12Cl4N2O2. The van der Waals surface area contributed by atoms with E-state index >= 15 is 0 Å². The van der Waals surface area contributed by atoms with Gasteiger partial charge in [0.05, 0.1) is 6.67 Å². The van der Waals surface area contributed by atoms with E-state index in [0.29, 0.717) is 5.02 Å². The Morgan fingerprint density at radius 3 is 2.42 bits per heavy atom. The third-order valence-corrected chi connectivity index (χ3v) is 2.67. The Balaban J connectivity index is 2.35. The van der Waals surface area contributed by atoms with E-state index in [1.54, 1.807) is 24.1 Å². The molecule has 1 amide bonds. The number of alkyl carbamates (subject to hydrolysis) is 1. The number of amides is 1. The molecule has 1 rings (SSSR count). The van der Waals surface area contributed by atoms with Gasteiger partial charge in [0.15, 0.2) is 0 Å². The number of halogens is 4. The van der Waals surface area contributed by atoms with Gasteiger partial charge in [0, 0.05) is 17.8 Å². The van der Waals surface area contributed by atoms with Crippen molar-refractivity contribution >= 4 is 58.2 Å². The van der Waals surface area contributed by atoms with Gasteiger partial charge in [-0.1, -0.05) is 46.4 Å². The van der Waals surface area contributed by atoms with Gasteiger partial charge in [-0.15, -0.1) is 0 Å². The summed E-state index contributed by atoms with van der Waals surface area (Å²) in [5.74, 6) is 0. The highest BCUT2D eigenvalue weighted by molar-refractivity contribution is 6.67. The lowest BCUT2D eigenvalue weighted by molar-refractivity contribution is 0.148. The van der Waals surface area contributed by atoms with Gasteiger partial charge in [-0.2, -0.15) is 0 Å². The average molecular weight is 346 g/mol. The van der Waals surface area contributed by atoms with Crippen LogP contribution in [-0.4, -0.2) is 30.2 Å². The van der Waals surface area contributed by atoms with Crippen molar-refractivity contribution in [1.82, 2.24) is 5.32 Å².